The van der Waals surface area contributed by atoms with E-state index in [1.54, 1.807) is 31.4 Å². The number of Topliss-reactive ketones (excluding diaryl/α,β-unsaturated/α-hetero) is 1. The van der Waals surface area contributed by atoms with E-state index in [-0.39, 0.29) is 43.0 Å². The van der Waals surface area contributed by atoms with Crippen LogP contribution in [-0.4, -0.2) is 37.9 Å². The van der Waals surface area contributed by atoms with E-state index in [9.17, 15) is 9.59 Å². The smallest absolute Gasteiger partial charge is 0.220 e. The fourth-order valence-corrected chi connectivity index (χ4v) is 2.61. The molecule has 2 unspecified atom stereocenters. The van der Waals surface area contributed by atoms with Crippen LogP contribution in [0.5, 0.6) is 5.75 Å². The van der Waals surface area contributed by atoms with Crippen LogP contribution >= 0.6 is 12.4 Å². The molecule has 6 heteroatoms. The average Bonchev–Trinajstić information content (AvgIpc) is 2.55. The molecule has 128 valence electrons. The Morgan fingerprint density at radius 3 is 2.57 bits per heavy atom. The molecule has 2 N–H and O–H groups in total. The van der Waals surface area contributed by atoms with Gasteiger partial charge in [-0.1, -0.05) is 6.92 Å². The number of hydrogen-bond donors (Lipinski definition) is 2. The lowest BCUT2D eigenvalue weighted by atomic mass is 9.94. The van der Waals surface area contributed by atoms with Crippen molar-refractivity contribution in [1.82, 2.24) is 10.6 Å². The van der Waals surface area contributed by atoms with Crippen molar-refractivity contribution in [3.8, 4) is 5.75 Å². The molecule has 1 aliphatic rings. The van der Waals surface area contributed by atoms with Crippen molar-refractivity contribution in [2.45, 2.75) is 32.2 Å². The van der Waals surface area contributed by atoms with Crippen molar-refractivity contribution in [2.24, 2.45) is 5.92 Å². The lowest BCUT2D eigenvalue weighted by Crippen LogP contribution is -2.50. The van der Waals surface area contributed by atoms with Gasteiger partial charge in [-0.15, -0.1) is 12.4 Å². The Labute approximate surface area is 143 Å². The van der Waals surface area contributed by atoms with Crippen molar-refractivity contribution in [2.75, 3.05) is 20.2 Å². The minimum absolute atomic E-state index is 0. The van der Waals surface area contributed by atoms with E-state index in [2.05, 4.69) is 17.6 Å². The van der Waals surface area contributed by atoms with Crippen molar-refractivity contribution in [3.05, 3.63) is 29.8 Å². The molecule has 5 nitrogen and oxygen atoms in total. The van der Waals surface area contributed by atoms with E-state index in [0.717, 1.165) is 19.5 Å². The van der Waals surface area contributed by atoms with Crippen LogP contribution in [0.1, 0.15) is 36.5 Å². The predicted molar refractivity (Wildman–Crippen MR) is 92.4 cm³/mol. The Morgan fingerprint density at radius 1 is 1.26 bits per heavy atom. The number of rotatable bonds is 6. The summed E-state index contributed by atoms with van der Waals surface area (Å²) >= 11 is 0. The van der Waals surface area contributed by atoms with Gasteiger partial charge in [0, 0.05) is 31.0 Å². The zero-order valence-electron chi connectivity index (χ0n) is 13.6. The van der Waals surface area contributed by atoms with Crippen molar-refractivity contribution >= 4 is 24.1 Å². The number of ether oxygens (including phenoxy) is 1. The maximum absolute atomic E-state index is 12.1. The first kappa shape index (κ1) is 19.5. The van der Waals surface area contributed by atoms with Gasteiger partial charge in [-0.2, -0.15) is 0 Å². The molecule has 1 aromatic carbocycles. The monoisotopic (exact) mass is 340 g/mol. The molecule has 1 aliphatic heterocycles. The topological polar surface area (TPSA) is 67.4 Å². The Morgan fingerprint density at radius 2 is 1.96 bits per heavy atom. The van der Waals surface area contributed by atoms with Gasteiger partial charge >= 0.3 is 0 Å². The SMILES string of the molecule is COc1ccc(C(=O)CCC(=O)NC2CNCCC2C)cc1.Cl. The highest BCUT2D eigenvalue weighted by molar-refractivity contribution is 5.98. The number of carbonyl (C=O) groups excluding carboxylic acids is 2. The van der Waals surface area contributed by atoms with Gasteiger partial charge in [-0.25, -0.2) is 0 Å². The summed E-state index contributed by atoms with van der Waals surface area (Å²) in [5.74, 6) is 1.12. The number of hydrogen-bond acceptors (Lipinski definition) is 4. The molecule has 23 heavy (non-hydrogen) atoms. The maximum Gasteiger partial charge on any atom is 0.220 e. The molecule has 1 heterocycles. The third-order valence-corrected chi connectivity index (χ3v) is 4.17. The maximum atomic E-state index is 12.1. The number of piperidine rings is 1. The molecule has 1 aromatic rings. The standard InChI is InChI=1S/C17H24N2O3.ClH/c1-12-9-10-18-11-15(12)19-17(21)8-7-16(20)13-3-5-14(22-2)6-4-13;/h3-6,12,15,18H,7-11H2,1-2H3,(H,19,21);1H. The van der Waals surface area contributed by atoms with Crippen LogP contribution in [-0.2, 0) is 4.79 Å². The second-order valence-corrected chi connectivity index (χ2v) is 5.80. The molecular formula is C17H25ClN2O3. The number of nitrogens with one attached hydrogen (secondary N) is 2. The van der Waals surface area contributed by atoms with Gasteiger partial charge in [-0.3, -0.25) is 9.59 Å². The minimum atomic E-state index is -0.0533. The second kappa shape index (κ2) is 9.53. The molecule has 1 fully saturated rings. The highest BCUT2D eigenvalue weighted by atomic mass is 35.5. The number of methoxy groups -OCH3 is 1. The quantitative estimate of drug-likeness (QED) is 0.779. The third kappa shape index (κ3) is 5.84. The molecule has 2 rings (SSSR count). The van der Waals surface area contributed by atoms with E-state index in [1.807, 2.05) is 0 Å². The lowest BCUT2D eigenvalue weighted by Gasteiger charge is -2.30. The molecule has 0 saturated carbocycles. The fourth-order valence-electron chi connectivity index (χ4n) is 2.61. The van der Waals surface area contributed by atoms with Crippen LogP contribution in [0, 0.1) is 5.92 Å². The molecule has 0 bridgehead atoms. The molecule has 0 aromatic heterocycles. The Balaban J connectivity index is 0.00000264. The first-order chi connectivity index (χ1) is 10.6. The Bertz CT molecular complexity index is 519. The molecule has 0 radical (unpaired) electrons. The average molecular weight is 341 g/mol. The van der Waals surface area contributed by atoms with Crippen LogP contribution < -0.4 is 15.4 Å². The van der Waals surface area contributed by atoms with Crippen LogP contribution in [0.15, 0.2) is 24.3 Å². The normalized spacial score (nSPS) is 20.3. The molecular weight excluding hydrogens is 316 g/mol. The zero-order valence-corrected chi connectivity index (χ0v) is 14.4. The van der Waals surface area contributed by atoms with Crippen LogP contribution in [0.2, 0.25) is 0 Å². The molecule has 0 spiro atoms. The number of ketones is 1. The van der Waals surface area contributed by atoms with Crippen molar-refractivity contribution < 1.29 is 14.3 Å². The molecule has 0 aliphatic carbocycles. The fraction of sp³-hybridized carbons (Fsp3) is 0.529. The first-order valence-corrected chi connectivity index (χ1v) is 7.77. The summed E-state index contributed by atoms with van der Waals surface area (Å²) in [6, 6.07) is 7.13. The van der Waals surface area contributed by atoms with E-state index in [4.69, 9.17) is 4.74 Å². The van der Waals surface area contributed by atoms with Crippen LogP contribution in [0.25, 0.3) is 0 Å². The van der Waals surface area contributed by atoms with Crippen molar-refractivity contribution in [3.63, 3.8) is 0 Å². The Hall–Kier alpha value is -1.59. The van der Waals surface area contributed by atoms with Gasteiger partial charge < -0.3 is 15.4 Å². The van der Waals surface area contributed by atoms with E-state index in [1.165, 1.54) is 0 Å². The number of halogens is 1. The molecule has 2 atom stereocenters. The van der Waals surface area contributed by atoms with E-state index in [0.29, 0.717) is 17.2 Å². The van der Waals surface area contributed by atoms with E-state index >= 15 is 0 Å². The Kier molecular flexibility index (Phi) is 8.06. The predicted octanol–water partition coefficient (Wildman–Crippen LogP) is 2.19. The number of benzene rings is 1. The zero-order chi connectivity index (χ0) is 15.9. The summed E-state index contributed by atoms with van der Waals surface area (Å²) in [6.07, 6.45) is 1.52. The van der Waals surface area contributed by atoms with Gasteiger partial charge in [0.25, 0.3) is 0 Å². The molecule has 1 saturated heterocycles. The summed E-state index contributed by atoms with van der Waals surface area (Å²) in [5, 5.41) is 6.30. The van der Waals surface area contributed by atoms with E-state index < -0.39 is 0 Å². The third-order valence-electron chi connectivity index (χ3n) is 4.17. The van der Waals surface area contributed by atoms with Gasteiger partial charge in [0.1, 0.15) is 5.75 Å². The van der Waals surface area contributed by atoms with Gasteiger partial charge in [0.2, 0.25) is 5.91 Å². The summed E-state index contributed by atoms with van der Waals surface area (Å²) in [5.41, 5.74) is 0.612. The summed E-state index contributed by atoms with van der Waals surface area (Å²) in [6.45, 7) is 3.96. The highest BCUT2D eigenvalue weighted by Gasteiger charge is 2.22. The number of carbonyl (C=O) groups is 2. The summed E-state index contributed by atoms with van der Waals surface area (Å²) < 4.78 is 5.06. The van der Waals surface area contributed by atoms with Gasteiger partial charge in [0.05, 0.1) is 7.11 Å². The first-order valence-electron chi connectivity index (χ1n) is 7.77. The van der Waals surface area contributed by atoms with Crippen LogP contribution in [0.4, 0.5) is 0 Å². The largest absolute Gasteiger partial charge is 0.497 e. The highest BCUT2D eigenvalue weighted by Crippen LogP contribution is 2.14. The van der Waals surface area contributed by atoms with Gasteiger partial charge in [0.15, 0.2) is 5.78 Å². The summed E-state index contributed by atoms with van der Waals surface area (Å²) in [4.78, 5) is 24.1. The van der Waals surface area contributed by atoms with Gasteiger partial charge in [-0.05, 0) is 43.1 Å². The minimum Gasteiger partial charge on any atom is -0.497 e. The number of amides is 1. The van der Waals surface area contributed by atoms with Crippen molar-refractivity contribution in [1.29, 1.82) is 0 Å². The second-order valence-electron chi connectivity index (χ2n) is 5.80. The lowest BCUT2D eigenvalue weighted by molar-refractivity contribution is -0.122. The van der Waals surface area contributed by atoms with Crippen LogP contribution in [0.3, 0.4) is 0 Å². The molecule has 1 amide bonds. The summed E-state index contributed by atoms with van der Waals surface area (Å²) in [7, 11) is 1.59.